The summed E-state index contributed by atoms with van der Waals surface area (Å²) in [7, 11) is 0. The molecule has 2 N–H and O–H groups in total. The number of aryl methyl sites for hydroxylation is 1. The summed E-state index contributed by atoms with van der Waals surface area (Å²) in [5.41, 5.74) is 4.26. The molecule has 0 spiro atoms. The number of nitrogens with one attached hydrogen (secondary N) is 2. The van der Waals surface area contributed by atoms with E-state index in [-0.39, 0.29) is 23.5 Å². The van der Waals surface area contributed by atoms with Crippen molar-refractivity contribution in [1.82, 2.24) is 5.32 Å². The van der Waals surface area contributed by atoms with Crippen molar-refractivity contribution in [2.45, 2.75) is 31.2 Å². The minimum absolute atomic E-state index is 0.124. The molecule has 1 saturated heterocycles. The predicted molar refractivity (Wildman–Crippen MR) is 136 cm³/mol. The number of hydrogen-bond donors (Lipinski definition) is 2. The van der Waals surface area contributed by atoms with Gasteiger partial charge in [0.1, 0.15) is 0 Å². The fourth-order valence-electron chi connectivity index (χ4n) is 3.75. The first-order chi connectivity index (χ1) is 16.5. The zero-order valence-electron chi connectivity index (χ0n) is 19.0. The molecule has 1 heterocycles. The molecule has 0 atom stereocenters. The molecule has 3 aromatic carbocycles. The van der Waals surface area contributed by atoms with Crippen molar-refractivity contribution in [3.05, 3.63) is 89.5 Å². The van der Waals surface area contributed by atoms with E-state index in [1.807, 2.05) is 73.7 Å². The highest BCUT2D eigenvalue weighted by Gasteiger charge is 2.21. The second-order valence-electron chi connectivity index (χ2n) is 8.20. The number of amides is 3. The molecule has 1 aliphatic heterocycles. The average molecular weight is 474 g/mol. The Kier molecular flexibility index (Phi) is 7.65. The molecule has 6 nitrogen and oxygen atoms in total. The molecule has 34 heavy (non-hydrogen) atoms. The maximum atomic E-state index is 12.8. The summed E-state index contributed by atoms with van der Waals surface area (Å²) in [5, 5.41) is 5.83. The zero-order chi connectivity index (χ0) is 23.9. The van der Waals surface area contributed by atoms with E-state index in [0.29, 0.717) is 18.5 Å². The van der Waals surface area contributed by atoms with Gasteiger partial charge in [0.05, 0.1) is 11.3 Å². The van der Waals surface area contributed by atoms with Crippen LogP contribution >= 0.6 is 11.8 Å². The van der Waals surface area contributed by atoms with Gasteiger partial charge in [0.2, 0.25) is 11.8 Å². The molecular formula is C27H27N3O3S. The predicted octanol–water partition coefficient (Wildman–Crippen LogP) is 4.78. The standard InChI is InChI=1S/C27H27N3O3S/c1-19-8-12-21(13-9-19)29-25(31)18-34-24-6-3-2-5-23(24)27(33)28-17-20-10-14-22(15-11-20)30-16-4-7-26(30)32/h2-3,5-6,8-15H,4,7,16-18H2,1H3,(H,28,33)(H,29,31). The summed E-state index contributed by atoms with van der Waals surface area (Å²) in [6, 6.07) is 22.6. The first kappa shape index (κ1) is 23.6. The monoisotopic (exact) mass is 473 g/mol. The van der Waals surface area contributed by atoms with Gasteiger partial charge < -0.3 is 15.5 Å². The number of benzene rings is 3. The first-order valence-corrected chi connectivity index (χ1v) is 12.2. The lowest BCUT2D eigenvalue weighted by Gasteiger charge is -2.16. The summed E-state index contributed by atoms with van der Waals surface area (Å²) in [5.74, 6) is 0.0404. The van der Waals surface area contributed by atoms with Crippen LogP contribution in [-0.4, -0.2) is 30.0 Å². The van der Waals surface area contributed by atoms with E-state index in [1.54, 1.807) is 11.0 Å². The minimum Gasteiger partial charge on any atom is -0.348 e. The van der Waals surface area contributed by atoms with Crippen LogP contribution in [0.15, 0.2) is 77.7 Å². The van der Waals surface area contributed by atoms with Gasteiger partial charge in [-0.15, -0.1) is 11.8 Å². The minimum atomic E-state index is -0.194. The average Bonchev–Trinajstić information content (AvgIpc) is 3.29. The highest BCUT2D eigenvalue weighted by molar-refractivity contribution is 8.00. The molecule has 4 rings (SSSR count). The van der Waals surface area contributed by atoms with Crippen LogP contribution in [0.2, 0.25) is 0 Å². The Balaban J connectivity index is 1.31. The molecule has 0 radical (unpaired) electrons. The van der Waals surface area contributed by atoms with Crippen LogP contribution in [0.25, 0.3) is 0 Å². The molecule has 3 aromatic rings. The third-order valence-electron chi connectivity index (χ3n) is 5.60. The number of nitrogens with zero attached hydrogens (tertiary/aromatic N) is 1. The smallest absolute Gasteiger partial charge is 0.252 e. The van der Waals surface area contributed by atoms with Crippen molar-refractivity contribution >= 4 is 40.9 Å². The van der Waals surface area contributed by atoms with Crippen LogP contribution in [0.3, 0.4) is 0 Å². The van der Waals surface area contributed by atoms with Gasteiger partial charge in [-0.05, 0) is 55.3 Å². The van der Waals surface area contributed by atoms with Gasteiger partial charge in [-0.25, -0.2) is 0 Å². The lowest BCUT2D eigenvalue weighted by atomic mass is 10.1. The summed E-state index contributed by atoms with van der Waals surface area (Å²) >= 11 is 1.33. The van der Waals surface area contributed by atoms with Crippen molar-refractivity contribution in [3.63, 3.8) is 0 Å². The lowest BCUT2D eigenvalue weighted by molar-refractivity contribution is -0.117. The fourth-order valence-corrected chi connectivity index (χ4v) is 4.60. The Morgan fingerprint density at radius 2 is 1.71 bits per heavy atom. The molecule has 0 aliphatic carbocycles. The normalized spacial score (nSPS) is 13.1. The van der Waals surface area contributed by atoms with E-state index in [0.717, 1.165) is 40.4 Å². The van der Waals surface area contributed by atoms with Crippen molar-refractivity contribution in [2.75, 3.05) is 22.5 Å². The van der Waals surface area contributed by atoms with Crippen LogP contribution in [0.1, 0.15) is 34.3 Å². The quantitative estimate of drug-likeness (QED) is 0.462. The van der Waals surface area contributed by atoms with Gasteiger partial charge in [-0.3, -0.25) is 14.4 Å². The number of rotatable bonds is 8. The Bertz CT molecular complexity index is 1180. The van der Waals surface area contributed by atoms with E-state index < -0.39 is 0 Å². The SMILES string of the molecule is Cc1ccc(NC(=O)CSc2ccccc2C(=O)NCc2ccc(N3CCCC3=O)cc2)cc1. The molecule has 0 aromatic heterocycles. The molecule has 0 unspecified atom stereocenters. The Labute approximate surface area is 203 Å². The van der Waals surface area contributed by atoms with Gasteiger partial charge in [-0.1, -0.05) is 42.0 Å². The number of hydrogen-bond acceptors (Lipinski definition) is 4. The molecule has 0 saturated carbocycles. The summed E-state index contributed by atoms with van der Waals surface area (Å²) < 4.78 is 0. The Morgan fingerprint density at radius 3 is 2.41 bits per heavy atom. The largest absolute Gasteiger partial charge is 0.348 e. The van der Waals surface area contributed by atoms with E-state index in [2.05, 4.69) is 10.6 Å². The highest BCUT2D eigenvalue weighted by Crippen LogP contribution is 2.24. The maximum absolute atomic E-state index is 12.8. The third-order valence-corrected chi connectivity index (χ3v) is 6.67. The second-order valence-corrected chi connectivity index (χ2v) is 9.21. The number of anilines is 2. The van der Waals surface area contributed by atoms with Crippen LogP contribution < -0.4 is 15.5 Å². The van der Waals surface area contributed by atoms with Crippen LogP contribution in [0.4, 0.5) is 11.4 Å². The van der Waals surface area contributed by atoms with E-state index in [9.17, 15) is 14.4 Å². The highest BCUT2D eigenvalue weighted by atomic mass is 32.2. The number of carbonyl (C=O) groups is 3. The Hall–Kier alpha value is -3.58. The van der Waals surface area contributed by atoms with Crippen molar-refractivity contribution < 1.29 is 14.4 Å². The molecule has 1 fully saturated rings. The Morgan fingerprint density at radius 1 is 0.971 bits per heavy atom. The van der Waals surface area contributed by atoms with Crippen molar-refractivity contribution in [1.29, 1.82) is 0 Å². The molecule has 1 aliphatic rings. The van der Waals surface area contributed by atoms with E-state index in [1.165, 1.54) is 11.8 Å². The fraction of sp³-hybridized carbons (Fsp3) is 0.222. The van der Waals surface area contributed by atoms with Gasteiger partial charge in [0.15, 0.2) is 0 Å². The van der Waals surface area contributed by atoms with Gasteiger partial charge in [0.25, 0.3) is 5.91 Å². The van der Waals surface area contributed by atoms with Gasteiger partial charge in [0, 0.05) is 35.8 Å². The first-order valence-electron chi connectivity index (χ1n) is 11.3. The molecule has 7 heteroatoms. The second kappa shape index (κ2) is 11.0. The molecule has 0 bridgehead atoms. The van der Waals surface area contributed by atoms with E-state index in [4.69, 9.17) is 0 Å². The molecular weight excluding hydrogens is 446 g/mol. The number of carbonyl (C=O) groups excluding carboxylic acids is 3. The van der Waals surface area contributed by atoms with Crippen molar-refractivity contribution in [3.8, 4) is 0 Å². The van der Waals surface area contributed by atoms with Crippen molar-refractivity contribution in [2.24, 2.45) is 0 Å². The van der Waals surface area contributed by atoms with Gasteiger partial charge in [-0.2, -0.15) is 0 Å². The van der Waals surface area contributed by atoms with E-state index >= 15 is 0 Å². The molecule has 3 amide bonds. The van der Waals surface area contributed by atoms with Crippen LogP contribution in [-0.2, 0) is 16.1 Å². The summed E-state index contributed by atoms with van der Waals surface area (Å²) in [6.07, 6.45) is 1.49. The molecule has 174 valence electrons. The summed E-state index contributed by atoms with van der Waals surface area (Å²) in [4.78, 5) is 39.6. The van der Waals surface area contributed by atoms with Crippen LogP contribution in [0.5, 0.6) is 0 Å². The summed E-state index contributed by atoms with van der Waals surface area (Å²) in [6.45, 7) is 3.13. The topological polar surface area (TPSA) is 78.5 Å². The number of thioether (sulfide) groups is 1. The lowest BCUT2D eigenvalue weighted by Crippen LogP contribution is -2.24. The van der Waals surface area contributed by atoms with Crippen LogP contribution in [0, 0.1) is 6.92 Å². The van der Waals surface area contributed by atoms with Gasteiger partial charge >= 0.3 is 0 Å². The maximum Gasteiger partial charge on any atom is 0.252 e. The zero-order valence-corrected chi connectivity index (χ0v) is 19.9. The third kappa shape index (κ3) is 6.05.